The highest BCUT2D eigenvalue weighted by Gasteiger charge is 2.35. The van der Waals surface area contributed by atoms with Crippen molar-refractivity contribution in [2.75, 3.05) is 14.2 Å². The van der Waals surface area contributed by atoms with Gasteiger partial charge in [0.25, 0.3) is 11.1 Å². The molecule has 140 valence electrons. The first kappa shape index (κ1) is 19.6. The van der Waals surface area contributed by atoms with Crippen LogP contribution in [0.2, 0.25) is 10.0 Å². The van der Waals surface area contributed by atoms with Crippen molar-refractivity contribution in [1.82, 2.24) is 4.90 Å². The second-order valence-electron chi connectivity index (χ2n) is 5.62. The van der Waals surface area contributed by atoms with Crippen molar-refractivity contribution in [2.24, 2.45) is 0 Å². The zero-order chi connectivity index (χ0) is 19.6. The third-order valence-corrected chi connectivity index (χ3v) is 5.37. The zero-order valence-corrected chi connectivity index (χ0v) is 16.8. The van der Waals surface area contributed by atoms with E-state index in [1.165, 1.54) is 19.1 Å². The summed E-state index contributed by atoms with van der Waals surface area (Å²) in [5.74, 6) is 0.580. The lowest BCUT2D eigenvalue weighted by molar-refractivity contribution is -0.123. The number of nitrogens with zero attached hydrogens (tertiary/aromatic N) is 1. The van der Waals surface area contributed by atoms with Crippen molar-refractivity contribution in [3.8, 4) is 11.5 Å². The molecule has 0 aromatic heterocycles. The Bertz CT molecular complexity index is 928. The predicted molar refractivity (Wildman–Crippen MR) is 108 cm³/mol. The number of benzene rings is 2. The van der Waals surface area contributed by atoms with E-state index in [9.17, 15) is 9.59 Å². The van der Waals surface area contributed by atoms with Gasteiger partial charge in [-0.1, -0.05) is 35.3 Å². The summed E-state index contributed by atoms with van der Waals surface area (Å²) in [5, 5.41) is 0.640. The molecule has 1 fully saturated rings. The Balaban J connectivity index is 1.88. The molecule has 3 rings (SSSR count). The van der Waals surface area contributed by atoms with Crippen molar-refractivity contribution in [3.63, 3.8) is 0 Å². The van der Waals surface area contributed by atoms with Gasteiger partial charge in [-0.15, -0.1) is 0 Å². The summed E-state index contributed by atoms with van der Waals surface area (Å²) in [6.07, 6.45) is 1.59. The topological polar surface area (TPSA) is 55.8 Å². The highest BCUT2D eigenvalue weighted by molar-refractivity contribution is 8.18. The first-order valence-corrected chi connectivity index (χ1v) is 9.41. The van der Waals surface area contributed by atoms with Crippen LogP contribution in [0.5, 0.6) is 11.5 Å². The molecule has 5 nitrogen and oxygen atoms in total. The number of amides is 2. The average Bonchev–Trinajstić information content (AvgIpc) is 2.91. The maximum absolute atomic E-state index is 12.7. The molecule has 2 amide bonds. The number of methoxy groups -OCH3 is 2. The summed E-state index contributed by atoms with van der Waals surface area (Å²) < 4.78 is 10.5. The van der Waals surface area contributed by atoms with Gasteiger partial charge in [0, 0.05) is 16.7 Å². The molecule has 1 saturated heterocycles. The summed E-state index contributed by atoms with van der Waals surface area (Å²) in [6, 6.07) is 10.3. The van der Waals surface area contributed by atoms with E-state index < -0.39 is 0 Å². The molecular formula is C19H15Cl2NO4S. The normalized spacial score (nSPS) is 15.6. The SMILES string of the molecule is COc1cc(OC)c(/C=C2\SC(=O)N(Cc3ccc(Cl)cc3)C2=O)cc1Cl. The van der Waals surface area contributed by atoms with E-state index in [0.29, 0.717) is 32.0 Å². The van der Waals surface area contributed by atoms with E-state index in [0.717, 1.165) is 17.3 Å². The van der Waals surface area contributed by atoms with Crippen LogP contribution in [-0.4, -0.2) is 30.3 Å². The minimum absolute atomic E-state index is 0.180. The molecule has 0 spiro atoms. The minimum atomic E-state index is -0.367. The number of imide groups is 1. The van der Waals surface area contributed by atoms with Crippen molar-refractivity contribution in [2.45, 2.75) is 6.54 Å². The highest BCUT2D eigenvalue weighted by Crippen LogP contribution is 2.38. The molecule has 0 aliphatic carbocycles. The molecule has 0 bridgehead atoms. The molecule has 27 heavy (non-hydrogen) atoms. The minimum Gasteiger partial charge on any atom is -0.496 e. The smallest absolute Gasteiger partial charge is 0.293 e. The molecule has 2 aromatic carbocycles. The standard InChI is InChI=1S/C19H15Cl2NO4S/c1-25-15-9-16(26-2)14(21)7-12(15)8-17-18(23)22(19(24)27-17)10-11-3-5-13(20)6-4-11/h3-9H,10H2,1-2H3/b17-8-. The molecular weight excluding hydrogens is 409 g/mol. The largest absolute Gasteiger partial charge is 0.496 e. The van der Waals surface area contributed by atoms with Crippen LogP contribution >= 0.6 is 35.0 Å². The van der Waals surface area contributed by atoms with Gasteiger partial charge in [-0.2, -0.15) is 0 Å². The van der Waals surface area contributed by atoms with Crippen LogP contribution in [0.1, 0.15) is 11.1 Å². The van der Waals surface area contributed by atoms with Crippen molar-refractivity contribution in [3.05, 3.63) is 62.5 Å². The summed E-state index contributed by atoms with van der Waals surface area (Å²) in [5.41, 5.74) is 1.40. The fourth-order valence-corrected chi connectivity index (χ4v) is 3.75. The van der Waals surface area contributed by atoms with E-state index in [2.05, 4.69) is 0 Å². The predicted octanol–water partition coefficient (Wildman–Crippen LogP) is 5.25. The molecule has 1 heterocycles. The van der Waals surface area contributed by atoms with Gasteiger partial charge in [-0.05, 0) is 41.6 Å². The van der Waals surface area contributed by atoms with Crippen molar-refractivity contribution < 1.29 is 19.1 Å². The van der Waals surface area contributed by atoms with Gasteiger partial charge in [-0.3, -0.25) is 14.5 Å². The summed E-state index contributed by atoms with van der Waals surface area (Å²) in [7, 11) is 3.01. The lowest BCUT2D eigenvalue weighted by Crippen LogP contribution is -2.27. The van der Waals surface area contributed by atoms with E-state index in [-0.39, 0.29) is 17.7 Å². The summed E-state index contributed by atoms with van der Waals surface area (Å²) in [6.45, 7) is 0.180. The number of hydrogen-bond donors (Lipinski definition) is 0. The lowest BCUT2D eigenvalue weighted by Gasteiger charge is -2.12. The zero-order valence-electron chi connectivity index (χ0n) is 14.5. The van der Waals surface area contributed by atoms with E-state index in [4.69, 9.17) is 32.7 Å². The van der Waals surface area contributed by atoms with E-state index >= 15 is 0 Å². The number of rotatable bonds is 5. The molecule has 0 radical (unpaired) electrons. The monoisotopic (exact) mass is 423 g/mol. The van der Waals surface area contributed by atoms with E-state index in [1.54, 1.807) is 42.5 Å². The van der Waals surface area contributed by atoms with Gasteiger partial charge in [0.2, 0.25) is 0 Å². The Labute approximate surface area is 170 Å². The van der Waals surface area contributed by atoms with Crippen molar-refractivity contribution >= 4 is 52.2 Å². The number of hydrogen-bond acceptors (Lipinski definition) is 5. The maximum Gasteiger partial charge on any atom is 0.293 e. The van der Waals surface area contributed by atoms with Crippen LogP contribution in [0.4, 0.5) is 4.79 Å². The number of halogens is 2. The van der Waals surface area contributed by atoms with Gasteiger partial charge in [0.05, 0.1) is 30.7 Å². The van der Waals surface area contributed by atoms with Gasteiger partial charge in [0.1, 0.15) is 11.5 Å². The number of carbonyl (C=O) groups is 2. The third kappa shape index (κ3) is 4.24. The molecule has 0 N–H and O–H groups in total. The lowest BCUT2D eigenvalue weighted by atomic mass is 10.1. The second-order valence-corrected chi connectivity index (χ2v) is 7.46. The van der Waals surface area contributed by atoms with Gasteiger partial charge in [0.15, 0.2) is 0 Å². The van der Waals surface area contributed by atoms with Gasteiger partial charge in [-0.25, -0.2) is 0 Å². The van der Waals surface area contributed by atoms with Crippen LogP contribution in [0, 0.1) is 0 Å². The highest BCUT2D eigenvalue weighted by atomic mass is 35.5. The van der Waals surface area contributed by atoms with Gasteiger partial charge >= 0.3 is 0 Å². The molecule has 8 heteroatoms. The molecule has 1 aliphatic rings. The molecule has 0 saturated carbocycles. The van der Waals surface area contributed by atoms with Crippen LogP contribution in [0.25, 0.3) is 6.08 Å². The number of thioether (sulfide) groups is 1. The number of ether oxygens (including phenoxy) is 2. The molecule has 0 atom stereocenters. The summed E-state index contributed by atoms with van der Waals surface area (Å²) in [4.78, 5) is 26.5. The number of carbonyl (C=O) groups excluding carboxylic acids is 2. The van der Waals surface area contributed by atoms with E-state index in [1.807, 2.05) is 0 Å². The second kappa shape index (κ2) is 8.25. The molecule has 2 aromatic rings. The van der Waals surface area contributed by atoms with Crippen LogP contribution in [0.3, 0.4) is 0 Å². The van der Waals surface area contributed by atoms with Crippen LogP contribution < -0.4 is 9.47 Å². The Kier molecular flexibility index (Phi) is 5.99. The third-order valence-electron chi connectivity index (χ3n) is 3.92. The first-order chi connectivity index (χ1) is 12.9. The Morgan fingerprint density at radius 2 is 1.70 bits per heavy atom. The Morgan fingerprint density at radius 3 is 2.33 bits per heavy atom. The fourth-order valence-electron chi connectivity index (χ4n) is 2.55. The van der Waals surface area contributed by atoms with Crippen molar-refractivity contribution in [1.29, 1.82) is 0 Å². The first-order valence-electron chi connectivity index (χ1n) is 7.84. The molecule has 0 unspecified atom stereocenters. The Morgan fingerprint density at radius 1 is 1.04 bits per heavy atom. The van der Waals surface area contributed by atoms with Crippen LogP contribution in [-0.2, 0) is 11.3 Å². The quantitative estimate of drug-likeness (QED) is 0.614. The van der Waals surface area contributed by atoms with Crippen LogP contribution in [0.15, 0.2) is 41.3 Å². The fraction of sp³-hybridized carbons (Fsp3) is 0.158. The molecule has 1 aliphatic heterocycles. The summed E-state index contributed by atoms with van der Waals surface area (Å²) >= 11 is 12.9. The maximum atomic E-state index is 12.7. The Hall–Kier alpha value is -2.15. The van der Waals surface area contributed by atoms with Gasteiger partial charge < -0.3 is 9.47 Å². The average molecular weight is 424 g/mol.